The van der Waals surface area contributed by atoms with E-state index in [-0.39, 0.29) is 22.7 Å². The van der Waals surface area contributed by atoms with Gasteiger partial charge in [0, 0.05) is 25.7 Å². The Kier molecular flexibility index (Phi) is 7.05. The molecule has 5 nitrogen and oxygen atoms in total. The van der Waals surface area contributed by atoms with Crippen LogP contribution in [0.5, 0.6) is 0 Å². The van der Waals surface area contributed by atoms with Crippen molar-refractivity contribution < 1.29 is 13.2 Å². The number of allylic oxidation sites excluding steroid dienone is 1. The summed E-state index contributed by atoms with van der Waals surface area (Å²) in [6, 6.07) is 9.43. The predicted molar refractivity (Wildman–Crippen MR) is 113 cm³/mol. The second-order valence-corrected chi connectivity index (χ2v) is 11.2. The van der Waals surface area contributed by atoms with Gasteiger partial charge in [-0.2, -0.15) is 0 Å². The molecule has 0 aromatic heterocycles. The number of amides is 1. The zero-order valence-electron chi connectivity index (χ0n) is 16.1. The molecule has 0 saturated heterocycles. The Labute approximate surface area is 170 Å². The fourth-order valence-electron chi connectivity index (χ4n) is 2.62. The highest BCUT2D eigenvalue weighted by Crippen LogP contribution is 2.26. The van der Waals surface area contributed by atoms with Gasteiger partial charge in [-0.25, -0.2) is 12.7 Å². The van der Waals surface area contributed by atoms with E-state index in [1.165, 1.54) is 10.4 Å². The first kappa shape index (κ1) is 21.9. The Morgan fingerprint density at radius 1 is 1.22 bits per heavy atom. The maximum Gasteiger partial charge on any atom is 0.251 e. The molecule has 0 heterocycles. The summed E-state index contributed by atoms with van der Waals surface area (Å²) < 4.78 is 27.5. The molecule has 1 aromatic rings. The van der Waals surface area contributed by atoms with Gasteiger partial charge in [-0.05, 0) is 11.0 Å². The second kappa shape index (κ2) is 8.71. The third-order valence-corrected chi connectivity index (χ3v) is 7.53. The molecule has 2 atom stereocenters. The van der Waals surface area contributed by atoms with Crippen LogP contribution in [-0.2, 0) is 21.4 Å². The zero-order chi connectivity index (χ0) is 20.2. The van der Waals surface area contributed by atoms with E-state index in [0.29, 0.717) is 12.1 Å². The maximum atomic E-state index is 13.1. The molecule has 1 aliphatic rings. The van der Waals surface area contributed by atoms with Gasteiger partial charge in [0.2, 0.25) is 10.0 Å². The maximum absolute atomic E-state index is 13.1. The number of benzene rings is 1. The molecule has 1 amide bonds. The van der Waals surface area contributed by atoms with Crippen LogP contribution in [-0.4, -0.2) is 42.3 Å². The molecule has 0 bridgehead atoms. The van der Waals surface area contributed by atoms with Crippen molar-refractivity contribution >= 4 is 31.9 Å². The van der Waals surface area contributed by atoms with Crippen LogP contribution in [0.2, 0.25) is 0 Å². The fourth-order valence-corrected chi connectivity index (χ4v) is 5.22. The minimum absolute atomic E-state index is 0.0477. The number of hydrogen-bond acceptors (Lipinski definition) is 3. The van der Waals surface area contributed by atoms with Crippen molar-refractivity contribution in [1.82, 2.24) is 9.62 Å². The minimum Gasteiger partial charge on any atom is -0.352 e. The monoisotopic (exact) mass is 454 g/mol. The van der Waals surface area contributed by atoms with Crippen LogP contribution in [0.25, 0.3) is 0 Å². The Bertz CT molecular complexity index is 827. The van der Waals surface area contributed by atoms with Crippen molar-refractivity contribution in [2.75, 3.05) is 13.6 Å². The van der Waals surface area contributed by atoms with Crippen LogP contribution in [0.4, 0.5) is 0 Å². The Morgan fingerprint density at radius 2 is 1.85 bits per heavy atom. The molecule has 1 aliphatic carbocycles. The lowest BCUT2D eigenvalue weighted by atomic mass is 9.96. The van der Waals surface area contributed by atoms with Crippen molar-refractivity contribution in [2.24, 2.45) is 5.41 Å². The Morgan fingerprint density at radius 3 is 2.44 bits per heavy atom. The number of halogens is 1. The van der Waals surface area contributed by atoms with E-state index in [9.17, 15) is 13.2 Å². The molecule has 0 aliphatic heterocycles. The van der Waals surface area contributed by atoms with Crippen molar-refractivity contribution in [1.29, 1.82) is 0 Å². The van der Waals surface area contributed by atoms with Crippen LogP contribution >= 0.6 is 15.9 Å². The van der Waals surface area contributed by atoms with Crippen LogP contribution < -0.4 is 5.32 Å². The molecule has 27 heavy (non-hydrogen) atoms. The Hall–Kier alpha value is -1.44. The molecule has 0 radical (unpaired) electrons. The van der Waals surface area contributed by atoms with E-state index >= 15 is 0 Å². The van der Waals surface area contributed by atoms with Gasteiger partial charge in [0.1, 0.15) is 5.25 Å². The SMILES string of the molecule is CN(Cc1ccccc1)S(=O)(=O)C1C=C(C(=O)NCC(C)(C)C)C=CC1Br. The highest BCUT2D eigenvalue weighted by atomic mass is 79.9. The molecular weight excluding hydrogens is 428 g/mol. The first-order valence-electron chi connectivity index (χ1n) is 8.82. The number of alkyl halides is 1. The van der Waals surface area contributed by atoms with Crippen LogP contribution in [0, 0.1) is 5.41 Å². The van der Waals surface area contributed by atoms with E-state index in [1.54, 1.807) is 19.2 Å². The van der Waals surface area contributed by atoms with Gasteiger partial charge >= 0.3 is 0 Å². The average molecular weight is 455 g/mol. The lowest BCUT2D eigenvalue weighted by Crippen LogP contribution is -2.41. The van der Waals surface area contributed by atoms with Crippen LogP contribution in [0.15, 0.2) is 54.1 Å². The van der Waals surface area contributed by atoms with E-state index < -0.39 is 15.3 Å². The number of sulfonamides is 1. The second-order valence-electron chi connectivity index (χ2n) is 7.92. The number of carbonyl (C=O) groups excluding carboxylic acids is 1. The van der Waals surface area contributed by atoms with E-state index in [1.807, 2.05) is 51.1 Å². The first-order chi connectivity index (χ1) is 12.5. The highest BCUT2D eigenvalue weighted by molar-refractivity contribution is 9.09. The largest absolute Gasteiger partial charge is 0.352 e. The normalized spacial score (nSPS) is 20.4. The van der Waals surface area contributed by atoms with Crippen molar-refractivity contribution in [3.8, 4) is 0 Å². The molecule has 2 rings (SSSR count). The van der Waals surface area contributed by atoms with Gasteiger partial charge in [0.05, 0.1) is 4.83 Å². The molecule has 0 fully saturated rings. The summed E-state index contributed by atoms with van der Waals surface area (Å²) in [5.41, 5.74) is 1.23. The summed E-state index contributed by atoms with van der Waals surface area (Å²) >= 11 is 3.42. The summed E-state index contributed by atoms with van der Waals surface area (Å²) in [6.07, 6.45) is 4.92. The quantitative estimate of drug-likeness (QED) is 0.670. The molecule has 1 N–H and O–H groups in total. The van der Waals surface area contributed by atoms with Gasteiger partial charge in [0.25, 0.3) is 5.91 Å². The first-order valence-corrected chi connectivity index (χ1v) is 11.2. The summed E-state index contributed by atoms with van der Waals surface area (Å²) in [5, 5.41) is 2.02. The van der Waals surface area contributed by atoms with Crippen molar-refractivity contribution in [3.63, 3.8) is 0 Å². The van der Waals surface area contributed by atoms with Gasteiger partial charge in [-0.1, -0.05) is 85.3 Å². The van der Waals surface area contributed by atoms with Gasteiger partial charge in [-0.3, -0.25) is 4.79 Å². The van der Waals surface area contributed by atoms with Gasteiger partial charge in [-0.15, -0.1) is 0 Å². The summed E-state index contributed by atoms with van der Waals surface area (Å²) in [4.78, 5) is 12.0. The molecule has 0 spiro atoms. The standard InChI is InChI=1S/C20H27BrN2O3S/c1-20(2,3)14-22-19(24)16-10-11-17(21)18(12-16)27(25,26)23(4)13-15-8-6-5-7-9-15/h5-12,17-18H,13-14H2,1-4H3,(H,22,24). The number of carbonyl (C=O) groups is 1. The van der Waals surface area contributed by atoms with Gasteiger partial charge in [0.15, 0.2) is 0 Å². The Balaban J connectivity index is 2.17. The predicted octanol–water partition coefficient (Wildman–Crippen LogP) is 3.24. The smallest absolute Gasteiger partial charge is 0.251 e. The number of nitrogens with one attached hydrogen (secondary N) is 1. The molecular formula is C20H27BrN2O3S. The number of hydrogen-bond donors (Lipinski definition) is 1. The topological polar surface area (TPSA) is 66.5 Å². The van der Waals surface area contributed by atoms with Crippen molar-refractivity contribution in [3.05, 3.63) is 59.7 Å². The van der Waals surface area contributed by atoms with Gasteiger partial charge < -0.3 is 5.32 Å². The molecule has 7 heteroatoms. The fraction of sp³-hybridized carbons (Fsp3) is 0.450. The average Bonchev–Trinajstić information content (AvgIpc) is 2.60. The molecule has 2 unspecified atom stereocenters. The highest BCUT2D eigenvalue weighted by Gasteiger charge is 2.35. The van der Waals surface area contributed by atoms with Crippen molar-refractivity contribution in [2.45, 2.75) is 37.4 Å². The van der Waals surface area contributed by atoms with E-state index in [4.69, 9.17) is 0 Å². The molecule has 1 aromatic carbocycles. The van der Waals surface area contributed by atoms with Crippen LogP contribution in [0.1, 0.15) is 26.3 Å². The lowest BCUT2D eigenvalue weighted by molar-refractivity contribution is -0.117. The van der Waals surface area contributed by atoms with E-state index in [2.05, 4.69) is 21.2 Å². The minimum atomic E-state index is -3.64. The summed E-state index contributed by atoms with van der Waals surface area (Å²) in [7, 11) is -2.08. The number of rotatable bonds is 6. The zero-order valence-corrected chi connectivity index (χ0v) is 18.5. The third kappa shape index (κ3) is 6.02. The summed E-state index contributed by atoms with van der Waals surface area (Å²) in [5.74, 6) is -0.258. The summed E-state index contributed by atoms with van der Waals surface area (Å²) in [6.45, 7) is 6.87. The van der Waals surface area contributed by atoms with Crippen LogP contribution in [0.3, 0.4) is 0 Å². The number of nitrogens with zero attached hydrogens (tertiary/aromatic N) is 1. The van der Waals surface area contributed by atoms with E-state index in [0.717, 1.165) is 5.56 Å². The third-order valence-electron chi connectivity index (χ3n) is 4.19. The molecule has 148 valence electrons. The molecule has 0 saturated carbocycles. The lowest BCUT2D eigenvalue weighted by Gasteiger charge is -2.27.